The lowest BCUT2D eigenvalue weighted by Gasteiger charge is -1.84. The SMILES string of the molecule is N=C(N)c1nc2cnccc2s1. The van der Waals surface area contributed by atoms with Crippen LogP contribution in [0.25, 0.3) is 10.2 Å². The Hall–Kier alpha value is -1.49. The monoisotopic (exact) mass is 178 g/mol. The molecule has 0 aliphatic rings. The molecule has 0 bridgehead atoms. The Kier molecular flexibility index (Phi) is 1.51. The van der Waals surface area contributed by atoms with Gasteiger partial charge in [-0.15, -0.1) is 11.3 Å². The third kappa shape index (κ3) is 1.04. The zero-order chi connectivity index (χ0) is 8.55. The largest absolute Gasteiger partial charge is 0.382 e. The molecule has 0 fully saturated rings. The number of rotatable bonds is 1. The van der Waals surface area contributed by atoms with E-state index in [2.05, 4.69) is 9.97 Å². The minimum Gasteiger partial charge on any atom is -0.382 e. The third-order valence-corrected chi connectivity index (χ3v) is 2.49. The first-order valence-corrected chi connectivity index (χ1v) is 4.14. The Labute approximate surface area is 72.6 Å². The van der Waals surface area contributed by atoms with E-state index in [4.69, 9.17) is 11.1 Å². The highest BCUT2D eigenvalue weighted by Crippen LogP contribution is 2.19. The topological polar surface area (TPSA) is 75.7 Å². The van der Waals surface area contributed by atoms with Crippen molar-refractivity contribution in [2.24, 2.45) is 5.73 Å². The highest BCUT2D eigenvalue weighted by molar-refractivity contribution is 7.20. The van der Waals surface area contributed by atoms with Gasteiger partial charge in [-0.3, -0.25) is 10.4 Å². The fourth-order valence-corrected chi connectivity index (χ4v) is 1.69. The van der Waals surface area contributed by atoms with Gasteiger partial charge in [0.25, 0.3) is 0 Å². The molecule has 3 N–H and O–H groups in total. The molecule has 60 valence electrons. The molecule has 12 heavy (non-hydrogen) atoms. The number of hydrogen-bond acceptors (Lipinski definition) is 4. The van der Waals surface area contributed by atoms with Crippen molar-refractivity contribution in [1.82, 2.24) is 9.97 Å². The number of nitrogen functional groups attached to an aromatic ring is 1. The van der Waals surface area contributed by atoms with Crippen LogP contribution in [-0.2, 0) is 0 Å². The average molecular weight is 178 g/mol. The van der Waals surface area contributed by atoms with Crippen molar-refractivity contribution >= 4 is 27.4 Å². The predicted molar refractivity (Wildman–Crippen MR) is 48.4 cm³/mol. The number of fused-ring (bicyclic) bond motifs is 1. The van der Waals surface area contributed by atoms with Gasteiger partial charge in [0.1, 0.15) is 5.52 Å². The van der Waals surface area contributed by atoms with Gasteiger partial charge in [0.15, 0.2) is 10.8 Å². The van der Waals surface area contributed by atoms with E-state index < -0.39 is 0 Å². The van der Waals surface area contributed by atoms with Crippen LogP contribution in [0.2, 0.25) is 0 Å². The molecule has 2 aromatic rings. The van der Waals surface area contributed by atoms with Crippen LogP contribution in [-0.4, -0.2) is 15.8 Å². The molecule has 0 unspecified atom stereocenters. The highest BCUT2D eigenvalue weighted by atomic mass is 32.1. The summed E-state index contributed by atoms with van der Waals surface area (Å²) in [6.07, 6.45) is 3.36. The van der Waals surface area contributed by atoms with E-state index in [0.717, 1.165) is 10.2 Å². The molecule has 0 radical (unpaired) electrons. The summed E-state index contributed by atoms with van der Waals surface area (Å²) >= 11 is 1.40. The summed E-state index contributed by atoms with van der Waals surface area (Å²) in [5, 5.41) is 7.73. The Morgan fingerprint density at radius 2 is 2.42 bits per heavy atom. The van der Waals surface area contributed by atoms with Crippen LogP contribution in [0.5, 0.6) is 0 Å². The van der Waals surface area contributed by atoms with E-state index in [0.29, 0.717) is 5.01 Å². The van der Waals surface area contributed by atoms with E-state index in [1.165, 1.54) is 11.3 Å². The van der Waals surface area contributed by atoms with Gasteiger partial charge < -0.3 is 5.73 Å². The number of pyridine rings is 1. The maximum atomic E-state index is 7.17. The van der Waals surface area contributed by atoms with Crippen molar-refractivity contribution in [3.8, 4) is 0 Å². The van der Waals surface area contributed by atoms with E-state index >= 15 is 0 Å². The summed E-state index contributed by atoms with van der Waals surface area (Å²) < 4.78 is 1.01. The molecule has 0 amide bonds. The van der Waals surface area contributed by atoms with Crippen molar-refractivity contribution in [2.75, 3.05) is 0 Å². The Morgan fingerprint density at radius 1 is 1.58 bits per heavy atom. The van der Waals surface area contributed by atoms with Gasteiger partial charge in [0.05, 0.1) is 10.9 Å². The first kappa shape index (κ1) is 7.17. The summed E-state index contributed by atoms with van der Waals surface area (Å²) in [5.41, 5.74) is 6.09. The molecule has 2 aromatic heterocycles. The van der Waals surface area contributed by atoms with Gasteiger partial charge in [-0.1, -0.05) is 0 Å². The molecule has 5 heteroatoms. The van der Waals surface area contributed by atoms with Gasteiger partial charge in [-0.2, -0.15) is 0 Å². The fourth-order valence-electron chi connectivity index (χ4n) is 0.895. The fraction of sp³-hybridized carbons (Fsp3) is 0. The summed E-state index contributed by atoms with van der Waals surface area (Å²) in [4.78, 5) is 8.04. The predicted octanol–water partition coefficient (Wildman–Crippen LogP) is 0.975. The molecule has 0 aliphatic carbocycles. The molecule has 0 spiro atoms. The minimum atomic E-state index is 0.0104. The quantitative estimate of drug-likeness (QED) is 0.504. The number of nitrogens with two attached hydrogens (primary N) is 1. The van der Waals surface area contributed by atoms with Gasteiger partial charge in [0, 0.05) is 6.20 Å². The van der Waals surface area contributed by atoms with Crippen molar-refractivity contribution in [2.45, 2.75) is 0 Å². The zero-order valence-corrected chi connectivity index (χ0v) is 6.93. The zero-order valence-electron chi connectivity index (χ0n) is 6.11. The maximum absolute atomic E-state index is 7.17. The van der Waals surface area contributed by atoms with Crippen LogP contribution in [0.15, 0.2) is 18.5 Å². The lowest BCUT2D eigenvalue weighted by molar-refractivity contribution is 1.32. The molecule has 0 aromatic carbocycles. The van der Waals surface area contributed by atoms with Gasteiger partial charge in [-0.25, -0.2) is 4.98 Å². The highest BCUT2D eigenvalue weighted by Gasteiger charge is 2.04. The van der Waals surface area contributed by atoms with E-state index in [1.807, 2.05) is 6.07 Å². The van der Waals surface area contributed by atoms with Crippen molar-refractivity contribution in [3.63, 3.8) is 0 Å². The number of nitrogens with one attached hydrogen (secondary N) is 1. The molecule has 0 aliphatic heterocycles. The van der Waals surface area contributed by atoms with Crippen LogP contribution in [0, 0.1) is 5.41 Å². The standard InChI is InChI=1S/C7H6N4S/c8-6(9)7-11-4-3-10-2-1-5(4)12-7/h1-3H,(H3,8,9). The minimum absolute atomic E-state index is 0.0104. The van der Waals surface area contributed by atoms with Crippen LogP contribution in [0.1, 0.15) is 5.01 Å². The molecule has 4 nitrogen and oxygen atoms in total. The summed E-state index contributed by atoms with van der Waals surface area (Å²) in [6.45, 7) is 0. The maximum Gasteiger partial charge on any atom is 0.159 e. The number of nitrogens with zero attached hydrogens (tertiary/aromatic N) is 2. The van der Waals surface area contributed by atoms with Gasteiger partial charge in [-0.05, 0) is 6.07 Å². The van der Waals surface area contributed by atoms with Crippen molar-refractivity contribution in [1.29, 1.82) is 5.41 Å². The van der Waals surface area contributed by atoms with Gasteiger partial charge in [0.2, 0.25) is 0 Å². The summed E-state index contributed by atoms with van der Waals surface area (Å²) in [6, 6.07) is 1.86. The van der Waals surface area contributed by atoms with Crippen LogP contribution < -0.4 is 5.73 Å². The van der Waals surface area contributed by atoms with Crippen LogP contribution in [0.4, 0.5) is 0 Å². The molecule has 2 rings (SSSR count). The Balaban J connectivity index is 2.70. The number of hydrogen-bond donors (Lipinski definition) is 2. The molecular formula is C7H6N4S. The van der Waals surface area contributed by atoms with E-state index in [9.17, 15) is 0 Å². The molecule has 2 heterocycles. The Bertz CT molecular complexity index is 401. The second-order valence-electron chi connectivity index (χ2n) is 2.28. The van der Waals surface area contributed by atoms with Crippen molar-refractivity contribution in [3.05, 3.63) is 23.5 Å². The first-order chi connectivity index (χ1) is 5.77. The molecular weight excluding hydrogens is 172 g/mol. The lowest BCUT2D eigenvalue weighted by Crippen LogP contribution is -2.09. The number of amidine groups is 1. The second kappa shape index (κ2) is 2.53. The van der Waals surface area contributed by atoms with Crippen LogP contribution >= 0.6 is 11.3 Å². The van der Waals surface area contributed by atoms with E-state index in [-0.39, 0.29) is 5.84 Å². The third-order valence-electron chi connectivity index (χ3n) is 1.42. The normalized spacial score (nSPS) is 10.3. The summed E-state index contributed by atoms with van der Waals surface area (Å²) in [7, 11) is 0. The first-order valence-electron chi connectivity index (χ1n) is 3.32. The number of aromatic nitrogens is 2. The molecule has 0 atom stereocenters. The molecule has 0 saturated carbocycles. The summed E-state index contributed by atoms with van der Waals surface area (Å²) in [5.74, 6) is 0.0104. The smallest absolute Gasteiger partial charge is 0.159 e. The average Bonchev–Trinajstić information content (AvgIpc) is 2.46. The van der Waals surface area contributed by atoms with Gasteiger partial charge >= 0.3 is 0 Å². The lowest BCUT2D eigenvalue weighted by atomic mass is 10.4. The molecule has 0 saturated heterocycles. The van der Waals surface area contributed by atoms with Crippen LogP contribution in [0.3, 0.4) is 0 Å². The van der Waals surface area contributed by atoms with E-state index in [1.54, 1.807) is 12.4 Å². The number of thiazole rings is 1. The van der Waals surface area contributed by atoms with Crippen molar-refractivity contribution < 1.29 is 0 Å². The second-order valence-corrected chi connectivity index (χ2v) is 3.31. The Morgan fingerprint density at radius 3 is 3.08 bits per heavy atom.